The Hall–Kier alpha value is -1.03. The number of hydrogen-bond donors (Lipinski definition) is 1. The largest absolute Gasteiger partial charge is 0.379 e. The van der Waals surface area contributed by atoms with Crippen molar-refractivity contribution in [2.45, 2.75) is 18.4 Å². The van der Waals surface area contributed by atoms with Crippen molar-refractivity contribution >= 4 is 10.2 Å². The van der Waals surface area contributed by atoms with E-state index in [1.807, 2.05) is 18.2 Å². The van der Waals surface area contributed by atoms with Crippen LogP contribution >= 0.6 is 0 Å². The standard InChI is InChI=1S/C19H31N3O4S/c1-21(2)27(23,24)20-19-13-22(12-16-14-25-10-11-26-15-16)9-8-18(19)17-6-4-3-5-7-17/h3-7,16,18-20H,8-15H2,1-2H3/t18-,19-/m0/s1. The second-order valence-corrected chi connectivity index (χ2v) is 9.51. The fourth-order valence-corrected chi connectivity index (χ4v) is 4.67. The number of piperidine rings is 1. The molecule has 2 atom stereocenters. The molecule has 1 aromatic rings. The van der Waals surface area contributed by atoms with Gasteiger partial charge in [0.25, 0.3) is 10.2 Å². The van der Waals surface area contributed by atoms with Gasteiger partial charge in [-0.2, -0.15) is 17.4 Å². The fourth-order valence-electron chi connectivity index (χ4n) is 3.84. The molecule has 0 bridgehead atoms. The van der Waals surface area contributed by atoms with Crippen molar-refractivity contribution in [3.05, 3.63) is 35.9 Å². The lowest BCUT2D eigenvalue weighted by Crippen LogP contribution is -2.54. The van der Waals surface area contributed by atoms with Gasteiger partial charge in [-0.05, 0) is 18.5 Å². The Labute approximate surface area is 162 Å². The third-order valence-electron chi connectivity index (χ3n) is 5.30. The molecule has 0 unspecified atom stereocenters. The molecule has 2 aliphatic heterocycles. The number of ether oxygens (including phenoxy) is 2. The Morgan fingerprint density at radius 1 is 1.15 bits per heavy atom. The molecule has 0 saturated carbocycles. The highest BCUT2D eigenvalue weighted by Crippen LogP contribution is 2.29. The van der Waals surface area contributed by atoms with Crippen molar-refractivity contribution < 1.29 is 17.9 Å². The quantitative estimate of drug-likeness (QED) is 0.772. The first-order valence-corrected chi connectivity index (χ1v) is 11.0. The SMILES string of the molecule is CN(C)S(=O)(=O)N[C@H]1CN(CC2COCCOC2)CC[C@H]1c1ccccc1. The molecule has 2 aliphatic rings. The summed E-state index contributed by atoms with van der Waals surface area (Å²) in [7, 11) is -0.381. The van der Waals surface area contributed by atoms with Gasteiger partial charge in [-0.15, -0.1) is 0 Å². The minimum atomic E-state index is -3.49. The van der Waals surface area contributed by atoms with E-state index in [-0.39, 0.29) is 12.0 Å². The molecular formula is C19H31N3O4S. The molecule has 2 heterocycles. The highest BCUT2D eigenvalue weighted by atomic mass is 32.2. The molecular weight excluding hydrogens is 366 g/mol. The maximum atomic E-state index is 12.5. The van der Waals surface area contributed by atoms with E-state index >= 15 is 0 Å². The molecule has 0 amide bonds. The topological polar surface area (TPSA) is 71.1 Å². The fraction of sp³-hybridized carbons (Fsp3) is 0.684. The van der Waals surface area contributed by atoms with Crippen LogP contribution in [0.25, 0.3) is 0 Å². The van der Waals surface area contributed by atoms with Gasteiger partial charge in [0.2, 0.25) is 0 Å². The normalized spacial score (nSPS) is 26.2. The van der Waals surface area contributed by atoms with Crippen LogP contribution < -0.4 is 4.72 Å². The van der Waals surface area contributed by atoms with Crippen LogP contribution in [-0.2, 0) is 19.7 Å². The Morgan fingerprint density at radius 3 is 2.44 bits per heavy atom. The lowest BCUT2D eigenvalue weighted by Gasteiger charge is -2.40. The Kier molecular flexibility index (Phi) is 7.24. The van der Waals surface area contributed by atoms with Crippen LogP contribution in [-0.4, -0.2) is 83.8 Å². The molecule has 8 heteroatoms. The zero-order valence-corrected chi connectivity index (χ0v) is 17.0. The first kappa shape index (κ1) is 20.7. The van der Waals surface area contributed by atoms with Gasteiger partial charge >= 0.3 is 0 Å². The maximum absolute atomic E-state index is 12.5. The van der Waals surface area contributed by atoms with E-state index in [2.05, 4.69) is 21.8 Å². The number of rotatable bonds is 6. The van der Waals surface area contributed by atoms with Gasteiger partial charge < -0.3 is 14.4 Å². The highest BCUT2D eigenvalue weighted by Gasteiger charge is 2.34. The molecule has 27 heavy (non-hydrogen) atoms. The van der Waals surface area contributed by atoms with Crippen molar-refractivity contribution in [1.29, 1.82) is 0 Å². The summed E-state index contributed by atoms with van der Waals surface area (Å²) in [6, 6.07) is 10.0. The zero-order valence-electron chi connectivity index (χ0n) is 16.2. The molecule has 2 fully saturated rings. The van der Waals surface area contributed by atoms with Crippen LogP contribution in [0, 0.1) is 5.92 Å². The number of likely N-dealkylation sites (tertiary alicyclic amines) is 1. The third kappa shape index (κ3) is 5.73. The summed E-state index contributed by atoms with van der Waals surface area (Å²) in [5.41, 5.74) is 1.18. The van der Waals surface area contributed by atoms with Crippen molar-refractivity contribution in [2.24, 2.45) is 5.92 Å². The summed E-state index contributed by atoms with van der Waals surface area (Å²) in [6.45, 7) is 5.19. The maximum Gasteiger partial charge on any atom is 0.279 e. The predicted molar refractivity (Wildman–Crippen MR) is 105 cm³/mol. The van der Waals surface area contributed by atoms with E-state index in [1.165, 1.54) is 9.87 Å². The number of nitrogens with zero attached hydrogens (tertiary/aromatic N) is 2. The van der Waals surface area contributed by atoms with E-state index in [9.17, 15) is 8.42 Å². The van der Waals surface area contributed by atoms with Crippen molar-refractivity contribution in [2.75, 3.05) is 60.2 Å². The Morgan fingerprint density at radius 2 is 1.81 bits per heavy atom. The van der Waals surface area contributed by atoms with Crippen LogP contribution in [0.15, 0.2) is 30.3 Å². The van der Waals surface area contributed by atoms with Gasteiger partial charge in [0.15, 0.2) is 0 Å². The molecule has 0 aromatic heterocycles. The first-order chi connectivity index (χ1) is 13.0. The monoisotopic (exact) mass is 397 g/mol. The Bertz CT molecular complexity index is 675. The van der Waals surface area contributed by atoms with E-state index in [0.717, 1.165) is 19.5 Å². The summed E-state index contributed by atoms with van der Waals surface area (Å²) >= 11 is 0. The molecule has 3 rings (SSSR count). The molecule has 1 N–H and O–H groups in total. The molecule has 1 aromatic carbocycles. The van der Waals surface area contributed by atoms with Crippen LogP contribution in [0.4, 0.5) is 0 Å². The molecule has 2 saturated heterocycles. The molecule has 0 spiro atoms. The highest BCUT2D eigenvalue weighted by molar-refractivity contribution is 7.87. The molecule has 152 valence electrons. The van der Waals surface area contributed by atoms with E-state index < -0.39 is 10.2 Å². The number of benzene rings is 1. The molecule has 0 aliphatic carbocycles. The second-order valence-electron chi connectivity index (χ2n) is 7.59. The average Bonchev–Trinajstić information content (AvgIpc) is 2.91. The minimum Gasteiger partial charge on any atom is -0.379 e. The van der Waals surface area contributed by atoms with E-state index in [1.54, 1.807) is 14.1 Å². The van der Waals surface area contributed by atoms with Crippen LogP contribution in [0.5, 0.6) is 0 Å². The van der Waals surface area contributed by atoms with Crippen molar-refractivity contribution in [3.63, 3.8) is 0 Å². The summed E-state index contributed by atoms with van der Waals surface area (Å²) in [4.78, 5) is 2.34. The summed E-state index contributed by atoms with van der Waals surface area (Å²) in [6.07, 6.45) is 0.916. The predicted octanol–water partition coefficient (Wildman–Crippen LogP) is 0.904. The average molecular weight is 398 g/mol. The first-order valence-electron chi connectivity index (χ1n) is 9.58. The van der Waals surface area contributed by atoms with Gasteiger partial charge in [0.05, 0.1) is 26.4 Å². The van der Waals surface area contributed by atoms with Crippen LogP contribution in [0.3, 0.4) is 0 Å². The molecule has 7 nitrogen and oxygen atoms in total. The van der Waals surface area contributed by atoms with Crippen molar-refractivity contribution in [1.82, 2.24) is 13.9 Å². The lowest BCUT2D eigenvalue weighted by atomic mass is 9.85. The second kappa shape index (κ2) is 9.45. The molecule has 0 radical (unpaired) electrons. The smallest absolute Gasteiger partial charge is 0.279 e. The van der Waals surface area contributed by atoms with Crippen LogP contribution in [0.1, 0.15) is 17.9 Å². The summed E-state index contributed by atoms with van der Waals surface area (Å²) in [5.74, 6) is 0.491. The van der Waals surface area contributed by atoms with Gasteiger partial charge in [0.1, 0.15) is 0 Å². The number of hydrogen-bond acceptors (Lipinski definition) is 5. The van der Waals surface area contributed by atoms with E-state index in [0.29, 0.717) is 38.9 Å². The zero-order chi connectivity index (χ0) is 19.3. The van der Waals surface area contributed by atoms with Gasteiger partial charge in [0, 0.05) is 45.1 Å². The van der Waals surface area contributed by atoms with Gasteiger partial charge in [-0.3, -0.25) is 0 Å². The Balaban J connectivity index is 1.71. The third-order valence-corrected chi connectivity index (χ3v) is 6.86. The van der Waals surface area contributed by atoms with E-state index in [4.69, 9.17) is 9.47 Å². The number of nitrogens with one attached hydrogen (secondary N) is 1. The summed E-state index contributed by atoms with van der Waals surface area (Å²) in [5, 5.41) is 0. The van der Waals surface area contributed by atoms with Crippen molar-refractivity contribution in [3.8, 4) is 0 Å². The minimum absolute atomic E-state index is 0.166. The summed E-state index contributed by atoms with van der Waals surface area (Å²) < 4.78 is 40.3. The van der Waals surface area contributed by atoms with Crippen LogP contribution in [0.2, 0.25) is 0 Å². The van der Waals surface area contributed by atoms with Gasteiger partial charge in [-0.25, -0.2) is 0 Å². The lowest BCUT2D eigenvalue weighted by molar-refractivity contribution is 0.0869. The van der Waals surface area contributed by atoms with Gasteiger partial charge in [-0.1, -0.05) is 30.3 Å².